The van der Waals surface area contributed by atoms with E-state index in [1.54, 1.807) is 12.1 Å². The van der Waals surface area contributed by atoms with E-state index in [2.05, 4.69) is 15.2 Å². The number of nitrogens with zero attached hydrogens (tertiary/aromatic N) is 2. The molecule has 4 rings (SSSR count). The Balaban J connectivity index is 1.43. The van der Waals surface area contributed by atoms with E-state index >= 15 is 0 Å². The van der Waals surface area contributed by atoms with Gasteiger partial charge >= 0.3 is 12.3 Å². The maximum atomic E-state index is 12.7. The summed E-state index contributed by atoms with van der Waals surface area (Å²) in [5.41, 5.74) is 2.57. The molecule has 10 heteroatoms. The van der Waals surface area contributed by atoms with Gasteiger partial charge < -0.3 is 24.8 Å². The number of aliphatic hydroxyl groups excluding tert-OH is 1. The number of carbonyl (C=O) groups excluding carboxylic acids is 1. The molecule has 184 valence electrons. The lowest BCUT2D eigenvalue weighted by atomic mass is 10.0. The second-order valence-corrected chi connectivity index (χ2v) is 8.02. The smallest absolute Gasteiger partial charge is 0.417 e. The molecule has 2 heterocycles. The molecular weight excluding hydrogens is 463 g/mol. The third kappa shape index (κ3) is 5.83. The molecule has 0 bridgehead atoms. The monoisotopic (exact) mass is 487 g/mol. The number of hydrogen-bond acceptors (Lipinski definition) is 6. The van der Waals surface area contributed by atoms with Gasteiger partial charge in [-0.05, 0) is 41.5 Å². The van der Waals surface area contributed by atoms with Crippen molar-refractivity contribution in [1.29, 1.82) is 0 Å². The van der Waals surface area contributed by atoms with E-state index in [0.29, 0.717) is 25.3 Å². The van der Waals surface area contributed by atoms with Gasteiger partial charge in [-0.2, -0.15) is 13.2 Å². The van der Waals surface area contributed by atoms with E-state index < -0.39 is 17.8 Å². The molecule has 0 saturated carbocycles. The Labute approximate surface area is 200 Å². The Bertz CT molecular complexity index is 1170. The van der Waals surface area contributed by atoms with Crippen molar-refractivity contribution in [2.45, 2.75) is 25.3 Å². The van der Waals surface area contributed by atoms with E-state index in [1.807, 2.05) is 30.3 Å². The topological polar surface area (TPSA) is 83.9 Å². The number of benzene rings is 2. The van der Waals surface area contributed by atoms with Crippen molar-refractivity contribution < 1.29 is 32.5 Å². The highest BCUT2D eigenvalue weighted by atomic mass is 19.4. The lowest BCUT2D eigenvalue weighted by Crippen LogP contribution is -2.25. The number of ether oxygens (including phenoxy) is 2. The Kier molecular flexibility index (Phi) is 7.11. The van der Waals surface area contributed by atoms with Crippen LogP contribution >= 0.6 is 0 Å². The van der Waals surface area contributed by atoms with Crippen LogP contribution in [0.25, 0.3) is 11.1 Å². The highest BCUT2D eigenvalue weighted by molar-refractivity contribution is 5.72. The molecule has 1 atom stereocenters. The van der Waals surface area contributed by atoms with Gasteiger partial charge in [0.25, 0.3) is 0 Å². The van der Waals surface area contributed by atoms with Gasteiger partial charge in [0.15, 0.2) is 0 Å². The number of anilines is 1. The van der Waals surface area contributed by atoms with E-state index in [9.17, 15) is 23.1 Å². The number of amides is 1. The van der Waals surface area contributed by atoms with E-state index in [1.165, 1.54) is 13.1 Å². The van der Waals surface area contributed by atoms with Crippen LogP contribution in [0.2, 0.25) is 0 Å². The Morgan fingerprint density at radius 2 is 1.89 bits per heavy atom. The molecule has 1 amide bonds. The summed E-state index contributed by atoms with van der Waals surface area (Å²) in [5, 5.41) is 12.4. The third-order valence-electron chi connectivity index (χ3n) is 5.69. The highest BCUT2D eigenvalue weighted by Gasteiger charge is 2.31. The zero-order chi connectivity index (χ0) is 25.0. The fourth-order valence-electron chi connectivity index (χ4n) is 3.91. The molecule has 0 spiro atoms. The molecule has 1 aromatic heterocycles. The summed E-state index contributed by atoms with van der Waals surface area (Å²) in [4.78, 5) is 17.2. The van der Waals surface area contributed by atoms with Crippen molar-refractivity contribution in [2.24, 2.45) is 0 Å². The predicted octanol–water partition coefficient (Wildman–Crippen LogP) is 4.64. The quantitative estimate of drug-likeness (QED) is 0.527. The Morgan fingerprint density at radius 3 is 2.51 bits per heavy atom. The molecule has 2 aromatic carbocycles. The number of halogens is 3. The van der Waals surface area contributed by atoms with Crippen molar-refractivity contribution >= 4 is 11.8 Å². The van der Waals surface area contributed by atoms with Crippen LogP contribution in [-0.2, 0) is 12.8 Å². The van der Waals surface area contributed by atoms with Crippen LogP contribution in [0.5, 0.6) is 11.6 Å². The maximum Gasteiger partial charge on any atom is 0.417 e. The highest BCUT2D eigenvalue weighted by Crippen LogP contribution is 2.32. The fraction of sp³-hybridized carbons (Fsp3) is 0.280. The molecule has 1 aliphatic rings. The average molecular weight is 487 g/mol. The molecule has 2 N–H and O–H groups in total. The van der Waals surface area contributed by atoms with Gasteiger partial charge in [-0.3, -0.25) is 0 Å². The molecule has 3 aromatic rings. The Hall–Kier alpha value is -3.79. The van der Waals surface area contributed by atoms with Crippen molar-refractivity contribution in [3.63, 3.8) is 0 Å². The van der Waals surface area contributed by atoms with Crippen LogP contribution in [0.4, 0.5) is 23.7 Å². The van der Waals surface area contributed by atoms with Crippen LogP contribution in [-0.4, -0.2) is 42.4 Å². The third-order valence-corrected chi connectivity index (χ3v) is 5.69. The van der Waals surface area contributed by atoms with Gasteiger partial charge in [-0.1, -0.05) is 18.2 Å². The summed E-state index contributed by atoms with van der Waals surface area (Å²) < 4.78 is 49.0. The Morgan fingerprint density at radius 1 is 1.14 bits per heavy atom. The minimum atomic E-state index is -4.44. The summed E-state index contributed by atoms with van der Waals surface area (Å²) in [6, 6.07) is 15.0. The second-order valence-electron chi connectivity index (χ2n) is 8.02. The van der Waals surface area contributed by atoms with Gasteiger partial charge in [-0.15, -0.1) is 0 Å². The molecule has 0 unspecified atom stereocenters. The van der Waals surface area contributed by atoms with Crippen LogP contribution in [0.1, 0.15) is 17.5 Å². The zero-order valence-corrected chi connectivity index (χ0v) is 18.9. The average Bonchev–Trinajstić information content (AvgIpc) is 3.32. The largest absolute Gasteiger partial charge is 0.472 e. The van der Waals surface area contributed by atoms with Crippen LogP contribution in [0.3, 0.4) is 0 Å². The second kappa shape index (κ2) is 10.2. The molecule has 1 aliphatic heterocycles. The minimum absolute atomic E-state index is 0.145. The first-order chi connectivity index (χ1) is 16.8. The molecule has 0 aliphatic carbocycles. The number of alkyl halides is 3. The number of aliphatic hydroxyl groups is 1. The summed E-state index contributed by atoms with van der Waals surface area (Å²) in [6.45, 7) is 1.02. The van der Waals surface area contributed by atoms with Gasteiger partial charge in [0, 0.05) is 43.5 Å². The molecule has 35 heavy (non-hydrogen) atoms. The van der Waals surface area contributed by atoms with Gasteiger partial charge in [0.1, 0.15) is 11.9 Å². The summed E-state index contributed by atoms with van der Waals surface area (Å²) in [7, 11) is 1.48. The van der Waals surface area contributed by atoms with Crippen molar-refractivity contribution in [2.75, 3.05) is 25.0 Å². The van der Waals surface area contributed by atoms with Crippen LogP contribution in [0, 0.1) is 0 Å². The zero-order valence-electron chi connectivity index (χ0n) is 18.9. The number of pyridine rings is 1. The lowest BCUT2D eigenvalue weighted by molar-refractivity contribution is -0.137. The number of aromatic nitrogens is 1. The van der Waals surface area contributed by atoms with Crippen molar-refractivity contribution in [3.8, 4) is 22.8 Å². The standard InChI is InChI=1S/C25H24F3N3O4/c1-29-24(33)35-20-6-2-16(3-7-20)17-4-8-22(18(12-17)15-32)31-11-10-21(14-31)34-23-9-5-19(13-30-23)25(26,27)28/h2-9,12-13,21,32H,10-11,14-15H2,1H3,(H,29,33)/t21-/m0/s1. The van der Waals surface area contributed by atoms with E-state index in [0.717, 1.165) is 34.6 Å². The predicted molar refractivity (Wildman–Crippen MR) is 123 cm³/mol. The number of rotatable bonds is 6. The fourth-order valence-corrected chi connectivity index (χ4v) is 3.91. The summed E-state index contributed by atoms with van der Waals surface area (Å²) in [6.07, 6.45) is -3.79. The van der Waals surface area contributed by atoms with E-state index in [-0.39, 0.29) is 18.6 Å². The van der Waals surface area contributed by atoms with Crippen molar-refractivity contribution in [1.82, 2.24) is 10.3 Å². The first kappa shape index (κ1) is 24.3. The van der Waals surface area contributed by atoms with Crippen LogP contribution in [0.15, 0.2) is 60.8 Å². The van der Waals surface area contributed by atoms with Gasteiger partial charge in [0.05, 0.1) is 18.7 Å². The van der Waals surface area contributed by atoms with Crippen molar-refractivity contribution in [3.05, 3.63) is 71.9 Å². The molecule has 0 radical (unpaired) electrons. The molecule has 1 saturated heterocycles. The number of nitrogens with one attached hydrogen (secondary N) is 1. The number of hydrogen-bond donors (Lipinski definition) is 2. The molecular formula is C25H24F3N3O4. The summed E-state index contributed by atoms with van der Waals surface area (Å²) >= 11 is 0. The first-order valence-electron chi connectivity index (χ1n) is 11.0. The SMILES string of the molecule is CNC(=O)Oc1ccc(-c2ccc(N3CC[C@H](Oc4ccc(C(F)(F)F)cn4)C3)c(CO)c2)cc1. The first-order valence-corrected chi connectivity index (χ1v) is 11.0. The minimum Gasteiger partial charge on any atom is -0.472 e. The van der Waals surface area contributed by atoms with Gasteiger partial charge in [0.2, 0.25) is 5.88 Å². The van der Waals surface area contributed by atoms with Gasteiger partial charge in [-0.25, -0.2) is 9.78 Å². The maximum absolute atomic E-state index is 12.7. The summed E-state index contributed by atoms with van der Waals surface area (Å²) in [5.74, 6) is 0.559. The molecule has 1 fully saturated rings. The van der Waals surface area contributed by atoms with Crippen LogP contribution < -0.4 is 19.7 Å². The van der Waals surface area contributed by atoms with E-state index in [4.69, 9.17) is 9.47 Å². The normalized spacial score (nSPS) is 15.7. The molecule has 7 nitrogen and oxygen atoms in total. The lowest BCUT2D eigenvalue weighted by Gasteiger charge is -2.22. The number of carbonyl (C=O) groups is 1.